The molecule has 5 nitrogen and oxygen atoms in total. The Hall–Kier alpha value is -1.18. The van der Waals surface area contributed by atoms with Crippen LogP contribution in [-0.4, -0.2) is 32.7 Å². The van der Waals surface area contributed by atoms with E-state index < -0.39 is 10.0 Å². The van der Waals surface area contributed by atoms with E-state index in [1.165, 1.54) is 5.56 Å². The summed E-state index contributed by atoms with van der Waals surface area (Å²) in [6, 6.07) is 6.20. The van der Waals surface area contributed by atoms with Gasteiger partial charge in [-0.15, -0.1) is 0 Å². The van der Waals surface area contributed by atoms with Gasteiger partial charge in [-0.05, 0) is 31.0 Å². The molecule has 0 radical (unpaired) electrons. The largest absolute Gasteiger partial charge is 0.361 e. The zero-order valence-corrected chi connectivity index (χ0v) is 12.6. The molecule has 0 unspecified atom stereocenters. The summed E-state index contributed by atoms with van der Waals surface area (Å²) in [7, 11) is -3.09. The summed E-state index contributed by atoms with van der Waals surface area (Å²) in [5, 5.41) is 4.09. The predicted molar refractivity (Wildman–Crippen MR) is 80.3 cm³/mol. The van der Waals surface area contributed by atoms with Crippen molar-refractivity contribution < 1.29 is 8.42 Å². The minimum Gasteiger partial charge on any atom is -0.361 e. The van der Waals surface area contributed by atoms with E-state index in [1.54, 1.807) is 11.3 Å². The van der Waals surface area contributed by atoms with Crippen LogP contribution in [0.25, 0.3) is 10.2 Å². The maximum absolute atomic E-state index is 10.9. The van der Waals surface area contributed by atoms with Crippen molar-refractivity contribution in [3.63, 3.8) is 0 Å². The van der Waals surface area contributed by atoms with Gasteiger partial charge in [-0.25, -0.2) is 18.1 Å². The second-order valence-electron chi connectivity index (χ2n) is 4.44. The third-order valence-electron chi connectivity index (χ3n) is 2.54. The second kappa shape index (κ2) is 5.85. The molecule has 0 aliphatic rings. The fraction of sp³-hybridized carbons (Fsp3) is 0.417. The van der Waals surface area contributed by atoms with Crippen molar-refractivity contribution in [2.45, 2.75) is 13.3 Å². The van der Waals surface area contributed by atoms with Crippen LogP contribution in [0, 0.1) is 6.92 Å². The van der Waals surface area contributed by atoms with Crippen LogP contribution < -0.4 is 10.0 Å². The number of thiazole rings is 1. The summed E-state index contributed by atoms with van der Waals surface area (Å²) < 4.78 is 25.4. The number of rotatable bonds is 6. The molecule has 0 aliphatic carbocycles. The molecular formula is C12H17N3O2S2. The maximum Gasteiger partial charge on any atom is 0.208 e. The van der Waals surface area contributed by atoms with Crippen molar-refractivity contribution in [1.82, 2.24) is 9.71 Å². The molecule has 2 N–H and O–H groups in total. The number of anilines is 1. The number of hydrogen-bond donors (Lipinski definition) is 2. The third kappa shape index (κ3) is 4.45. The number of nitrogens with zero attached hydrogens (tertiary/aromatic N) is 1. The fourth-order valence-corrected chi connectivity index (χ4v) is 3.04. The molecule has 0 atom stereocenters. The number of benzene rings is 1. The smallest absolute Gasteiger partial charge is 0.208 e. The molecule has 104 valence electrons. The monoisotopic (exact) mass is 299 g/mol. The van der Waals surface area contributed by atoms with Crippen LogP contribution in [0.3, 0.4) is 0 Å². The number of fused-ring (bicyclic) bond motifs is 1. The van der Waals surface area contributed by atoms with Crippen LogP contribution in [0.15, 0.2) is 18.2 Å². The Morgan fingerprint density at radius 2 is 2.11 bits per heavy atom. The highest BCUT2D eigenvalue weighted by molar-refractivity contribution is 7.88. The van der Waals surface area contributed by atoms with E-state index in [2.05, 4.69) is 33.2 Å². The summed E-state index contributed by atoms with van der Waals surface area (Å²) in [6.07, 6.45) is 1.89. The molecule has 19 heavy (non-hydrogen) atoms. The van der Waals surface area contributed by atoms with Crippen molar-refractivity contribution >= 4 is 36.7 Å². The lowest BCUT2D eigenvalue weighted by molar-refractivity contribution is 0.586. The van der Waals surface area contributed by atoms with Gasteiger partial charge in [0.25, 0.3) is 0 Å². The second-order valence-corrected chi connectivity index (χ2v) is 7.30. The Morgan fingerprint density at radius 3 is 2.84 bits per heavy atom. The first-order valence-corrected chi connectivity index (χ1v) is 8.70. The van der Waals surface area contributed by atoms with E-state index in [-0.39, 0.29) is 0 Å². The molecule has 0 saturated heterocycles. The van der Waals surface area contributed by atoms with Crippen LogP contribution in [0.5, 0.6) is 0 Å². The molecule has 0 saturated carbocycles. The average molecular weight is 299 g/mol. The topological polar surface area (TPSA) is 71.1 Å². The van der Waals surface area contributed by atoms with Gasteiger partial charge >= 0.3 is 0 Å². The summed E-state index contributed by atoms with van der Waals surface area (Å²) >= 11 is 1.61. The highest BCUT2D eigenvalue weighted by Gasteiger charge is 2.03. The van der Waals surface area contributed by atoms with E-state index in [0.29, 0.717) is 13.1 Å². The minimum atomic E-state index is -3.09. The van der Waals surface area contributed by atoms with Crippen molar-refractivity contribution in [3.05, 3.63) is 23.8 Å². The lowest BCUT2D eigenvalue weighted by Gasteiger charge is -2.03. The van der Waals surface area contributed by atoms with Gasteiger partial charge in [-0.2, -0.15) is 0 Å². The maximum atomic E-state index is 10.9. The fourth-order valence-electron chi connectivity index (χ4n) is 1.65. The predicted octanol–water partition coefficient (Wildman–Crippen LogP) is 1.96. The molecule has 1 aromatic heterocycles. The van der Waals surface area contributed by atoms with Crippen LogP contribution in [0.4, 0.5) is 5.13 Å². The first kappa shape index (κ1) is 14.2. The first-order chi connectivity index (χ1) is 8.94. The lowest BCUT2D eigenvalue weighted by Crippen LogP contribution is -2.24. The minimum absolute atomic E-state index is 0.440. The molecular weight excluding hydrogens is 282 g/mol. The highest BCUT2D eigenvalue weighted by Crippen LogP contribution is 2.26. The van der Waals surface area contributed by atoms with Crippen molar-refractivity contribution in [2.75, 3.05) is 24.7 Å². The van der Waals surface area contributed by atoms with Crippen molar-refractivity contribution in [2.24, 2.45) is 0 Å². The number of sulfonamides is 1. The third-order valence-corrected chi connectivity index (χ3v) is 4.26. The normalized spacial score (nSPS) is 11.9. The first-order valence-electron chi connectivity index (χ1n) is 6.00. The molecule has 0 aliphatic heterocycles. The van der Waals surface area contributed by atoms with Crippen LogP contribution >= 0.6 is 11.3 Å². The van der Waals surface area contributed by atoms with E-state index in [0.717, 1.165) is 28.0 Å². The SMILES string of the molecule is Cc1ccc2sc(NCCCNS(C)(=O)=O)nc2c1. The van der Waals surface area contributed by atoms with Crippen LogP contribution in [-0.2, 0) is 10.0 Å². The number of aryl methyl sites for hydroxylation is 1. The molecule has 1 heterocycles. The van der Waals surface area contributed by atoms with E-state index in [1.807, 2.05) is 6.92 Å². The summed E-state index contributed by atoms with van der Waals surface area (Å²) in [5.74, 6) is 0. The standard InChI is InChI=1S/C12H17N3O2S2/c1-9-4-5-11-10(8-9)15-12(18-11)13-6-3-7-14-19(2,16)17/h4-5,8,14H,3,6-7H2,1-2H3,(H,13,15). The van der Waals surface area contributed by atoms with Gasteiger partial charge in [0.2, 0.25) is 10.0 Å². The Bertz CT molecular complexity index is 665. The molecule has 1 aromatic carbocycles. The van der Waals surface area contributed by atoms with Gasteiger partial charge in [-0.3, -0.25) is 0 Å². The molecule has 0 fully saturated rings. The van der Waals surface area contributed by atoms with Crippen molar-refractivity contribution in [1.29, 1.82) is 0 Å². The summed E-state index contributed by atoms with van der Waals surface area (Å²) in [4.78, 5) is 4.49. The van der Waals surface area contributed by atoms with Gasteiger partial charge in [0.05, 0.1) is 16.5 Å². The molecule has 2 rings (SSSR count). The zero-order chi connectivity index (χ0) is 13.9. The van der Waals surface area contributed by atoms with Gasteiger partial charge in [0, 0.05) is 13.1 Å². The number of nitrogens with one attached hydrogen (secondary N) is 2. The van der Waals surface area contributed by atoms with Gasteiger partial charge in [0.15, 0.2) is 5.13 Å². The lowest BCUT2D eigenvalue weighted by atomic mass is 10.2. The van der Waals surface area contributed by atoms with Gasteiger partial charge in [0.1, 0.15) is 0 Å². The number of aromatic nitrogens is 1. The van der Waals surface area contributed by atoms with Crippen LogP contribution in [0.1, 0.15) is 12.0 Å². The number of hydrogen-bond acceptors (Lipinski definition) is 5. The van der Waals surface area contributed by atoms with E-state index in [4.69, 9.17) is 0 Å². The van der Waals surface area contributed by atoms with E-state index in [9.17, 15) is 8.42 Å². The molecule has 2 aromatic rings. The Morgan fingerprint density at radius 1 is 1.32 bits per heavy atom. The summed E-state index contributed by atoms with van der Waals surface area (Å²) in [5.41, 5.74) is 2.20. The molecule has 7 heteroatoms. The van der Waals surface area contributed by atoms with Crippen LogP contribution in [0.2, 0.25) is 0 Å². The molecule has 0 spiro atoms. The van der Waals surface area contributed by atoms with Gasteiger partial charge in [-0.1, -0.05) is 17.4 Å². The van der Waals surface area contributed by atoms with Crippen molar-refractivity contribution in [3.8, 4) is 0 Å². The Labute approximate surface area is 117 Å². The Balaban J connectivity index is 1.85. The van der Waals surface area contributed by atoms with Gasteiger partial charge < -0.3 is 5.32 Å². The quantitative estimate of drug-likeness (QED) is 0.800. The average Bonchev–Trinajstić information content (AvgIpc) is 2.68. The van der Waals surface area contributed by atoms with E-state index >= 15 is 0 Å². The zero-order valence-electron chi connectivity index (χ0n) is 10.9. The highest BCUT2D eigenvalue weighted by atomic mass is 32.2. The Kier molecular flexibility index (Phi) is 4.38. The molecule has 0 amide bonds. The summed E-state index contributed by atoms with van der Waals surface area (Å²) in [6.45, 7) is 3.18. The molecule has 0 bridgehead atoms.